The Morgan fingerprint density at radius 3 is 2.11 bits per heavy atom. The molecule has 0 unspecified atom stereocenters. The summed E-state index contributed by atoms with van der Waals surface area (Å²) < 4.78 is 35.8. The van der Waals surface area contributed by atoms with E-state index in [1.165, 1.54) is 5.32 Å². The maximum absolute atomic E-state index is 11.9. The number of nitrogens with one attached hydrogen (secondary N) is 1. The van der Waals surface area contributed by atoms with Crippen LogP contribution >= 0.6 is 0 Å². The van der Waals surface area contributed by atoms with Gasteiger partial charge in [0.1, 0.15) is 6.04 Å². The summed E-state index contributed by atoms with van der Waals surface area (Å²) in [5.41, 5.74) is -0.392. The number of hydrogen-bond donors (Lipinski definition) is 2. The lowest BCUT2D eigenvalue weighted by Crippen LogP contribution is -2.46. The van der Waals surface area contributed by atoms with Gasteiger partial charge >= 0.3 is 18.1 Å². The minimum absolute atomic E-state index is 0.381. The molecule has 0 bridgehead atoms. The van der Waals surface area contributed by atoms with E-state index in [-0.39, 0.29) is 6.42 Å². The van der Waals surface area contributed by atoms with Crippen molar-refractivity contribution in [2.24, 2.45) is 5.41 Å². The molecule has 2 N–H and O–H groups in total. The van der Waals surface area contributed by atoms with Crippen molar-refractivity contribution in [2.75, 3.05) is 0 Å². The molecule has 0 spiro atoms. The summed E-state index contributed by atoms with van der Waals surface area (Å²) in [5.74, 6) is 1.28. The summed E-state index contributed by atoms with van der Waals surface area (Å²) in [4.78, 5) is 21.3. The van der Waals surface area contributed by atoms with Gasteiger partial charge in [0.05, 0.1) is 0 Å². The highest BCUT2D eigenvalue weighted by Crippen LogP contribution is 2.15. The van der Waals surface area contributed by atoms with Crippen LogP contribution < -0.4 is 5.32 Å². The average molecular weight is 265 g/mol. The van der Waals surface area contributed by atoms with Crippen LogP contribution in [0.4, 0.5) is 13.2 Å². The molecule has 0 aromatic carbocycles. The minimum Gasteiger partial charge on any atom is -0.480 e. The van der Waals surface area contributed by atoms with Crippen LogP contribution in [0.2, 0.25) is 0 Å². The lowest BCUT2D eigenvalue weighted by atomic mass is 9.97. The van der Waals surface area contributed by atoms with Crippen molar-refractivity contribution < 1.29 is 27.9 Å². The lowest BCUT2D eigenvalue weighted by molar-refractivity contribution is -0.175. The van der Waals surface area contributed by atoms with E-state index in [0.717, 1.165) is 0 Å². The molecule has 102 valence electrons. The summed E-state index contributed by atoms with van der Waals surface area (Å²) in [6.45, 7) is 5.30. The molecular weight excluding hydrogens is 251 g/mol. The predicted octanol–water partition coefficient (Wildman–Crippen LogP) is 1.56. The van der Waals surface area contributed by atoms with Gasteiger partial charge in [-0.2, -0.15) is 13.2 Å². The highest BCUT2D eigenvalue weighted by Gasteiger charge is 2.40. The van der Waals surface area contributed by atoms with Crippen LogP contribution in [-0.4, -0.2) is 29.2 Å². The van der Waals surface area contributed by atoms with Crippen LogP contribution in [0, 0.1) is 17.3 Å². The molecule has 0 rings (SSSR count). The Bertz CT molecular complexity index is 385. The average Bonchev–Trinajstić information content (AvgIpc) is 2.12. The summed E-state index contributed by atoms with van der Waals surface area (Å²) >= 11 is 0. The number of carboxylic acid groups (broad SMARTS) is 1. The molecule has 0 aromatic rings. The molecule has 1 atom stereocenters. The Morgan fingerprint density at radius 2 is 1.78 bits per heavy atom. The maximum Gasteiger partial charge on any atom is 0.471 e. The first-order chi connectivity index (χ1) is 7.93. The van der Waals surface area contributed by atoms with Gasteiger partial charge < -0.3 is 10.4 Å². The topological polar surface area (TPSA) is 66.4 Å². The first-order valence-corrected chi connectivity index (χ1v) is 5.04. The highest BCUT2D eigenvalue weighted by atomic mass is 19.4. The second kappa shape index (κ2) is 5.76. The Labute approximate surface area is 103 Å². The number of aliphatic carboxylic acids is 1. The monoisotopic (exact) mass is 265 g/mol. The van der Waals surface area contributed by atoms with Crippen LogP contribution in [0.5, 0.6) is 0 Å². The summed E-state index contributed by atoms with van der Waals surface area (Å²) in [7, 11) is 0. The molecule has 1 amide bonds. The number of amides is 1. The second-order valence-electron chi connectivity index (χ2n) is 4.62. The van der Waals surface area contributed by atoms with E-state index in [4.69, 9.17) is 5.11 Å². The molecule has 0 aliphatic carbocycles. The molecule has 0 aromatic heterocycles. The van der Waals surface area contributed by atoms with Crippen molar-refractivity contribution in [3.63, 3.8) is 0 Å². The molecule has 0 saturated heterocycles. The fourth-order valence-electron chi connectivity index (χ4n) is 0.858. The number of alkyl halides is 3. The lowest BCUT2D eigenvalue weighted by Gasteiger charge is -2.13. The van der Waals surface area contributed by atoms with E-state index in [1.807, 2.05) is 0 Å². The SMILES string of the molecule is CC(C)(C)C#CC[C@H](NC(=O)C(F)(F)F)C(=O)O. The Balaban J connectivity index is 4.65. The molecule has 18 heavy (non-hydrogen) atoms. The molecule has 0 aliphatic rings. The van der Waals surface area contributed by atoms with Crippen LogP contribution in [0.3, 0.4) is 0 Å². The van der Waals surface area contributed by atoms with Gasteiger partial charge in [-0.15, -0.1) is 0 Å². The van der Waals surface area contributed by atoms with E-state index in [2.05, 4.69) is 11.8 Å². The summed E-state index contributed by atoms with van der Waals surface area (Å²) in [6, 6.07) is -1.67. The first-order valence-electron chi connectivity index (χ1n) is 5.04. The fourth-order valence-corrected chi connectivity index (χ4v) is 0.858. The second-order valence-corrected chi connectivity index (χ2v) is 4.62. The molecule has 0 aliphatic heterocycles. The molecule has 0 fully saturated rings. The van der Waals surface area contributed by atoms with Crippen molar-refractivity contribution in [2.45, 2.75) is 39.4 Å². The number of halogens is 3. The van der Waals surface area contributed by atoms with Crippen molar-refractivity contribution in [3.8, 4) is 11.8 Å². The van der Waals surface area contributed by atoms with Crippen LogP contribution in [0.1, 0.15) is 27.2 Å². The molecular formula is C11H14F3NO3. The van der Waals surface area contributed by atoms with Gasteiger partial charge in [0.15, 0.2) is 0 Å². The van der Waals surface area contributed by atoms with Gasteiger partial charge in [0.25, 0.3) is 0 Å². The third kappa shape index (κ3) is 6.78. The minimum atomic E-state index is -5.11. The zero-order valence-corrected chi connectivity index (χ0v) is 10.2. The zero-order valence-electron chi connectivity index (χ0n) is 10.2. The zero-order chi connectivity index (χ0) is 14.6. The quantitative estimate of drug-likeness (QED) is 0.761. The predicted molar refractivity (Wildman–Crippen MR) is 57.5 cm³/mol. The molecule has 0 heterocycles. The largest absolute Gasteiger partial charge is 0.480 e. The third-order valence-electron chi connectivity index (χ3n) is 1.63. The van der Waals surface area contributed by atoms with E-state index < -0.39 is 29.5 Å². The Kier molecular flexibility index (Phi) is 5.21. The number of carboxylic acids is 1. The Hall–Kier alpha value is -1.71. The molecule has 0 radical (unpaired) electrons. The van der Waals surface area contributed by atoms with Gasteiger partial charge in [0, 0.05) is 11.8 Å². The number of hydrogen-bond acceptors (Lipinski definition) is 2. The van der Waals surface area contributed by atoms with Crippen LogP contribution in [-0.2, 0) is 9.59 Å². The standard InChI is InChI=1S/C11H14F3NO3/c1-10(2,3)6-4-5-7(8(16)17)15-9(18)11(12,13)14/h7H,5H2,1-3H3,(H,15,18)(H,16,17)/t7-/m0/s1. The van der Waals surface area contributed by atoms with Gasteiger partial charge in [-0.1, -0.05) is 11.8 Å². The van der Waals surface area contributed by atoms with Crippen molar-refractivity contribution in [1.29, 1.82) is 0 Å². The highest BCUT2D eigenvalue weighted by molar-refractivity contribution is 5.87. The summed E-state index contributed by atoms with van der Waals surface area (Å²) in [5, 5.41) is 10.0. The van der Waals surface area contributed by atoms with Crippen LogP contribution in [0.25, 0.3) is 0 Å². The number of rotatable bonds is 3. The van der Waals surface area contributed by atoms with Crippen molar-refractivity contribution in [3.05, 3.63) is 0 Å². The number of carbonyl (C=O) groups is 2. The third-order valence-corrected chi connectivity index (χ3v) is 1.63. The van der Waals surface area contributed by atoms with E-state index >= 15 is 0 Å². The van der Waals surface area contributed by atoms with Gasteiger partial charge in [-0.25, -0.2) is 4.79 Å². The van der Waals surface area contributed by atoms with Crippen molar-refractivity contribution in [1.82, 2.24) is 5.32 Å². The smallest absolute Gasteiger partial charge is 0.471 e. The van der Waals surface area contributed by atoms with E-state index in [9.17, 15) is 22.8 Å². The van der Waals surface area contributed by atoms with Gasteiger partial charge in [0.2, 0.25) is 0 Å². The normalized spacial score (nSPS) is 13.2. The Morgan fingerprint density at radius 1 is 1.28 bits per heavy atom. The molecule has 0 saturated carbocycles. The van der Waals surface area contributed by atoms with E-state index in [1.54, 1.807) is 20.8 Å². The summed E-state index contributed by atoms with van der Waals surface area (Å²) in [6.07, 6.45) is -5.49. The first kappa shape index (κ1) is 16.3. The van der Waals surface area contributed by atoms with Crippen LogP contribution in [0.15, 0.2) is 0 Å². The maximum atomic E-state index is 11.9. The molecule has 7 heteroatoms. The fraction of sp³-hybridized carbons (Fsp3) is 0.636. The van der Waals surface area contributed by atoms with Gasteiger partial charge in [-0.3, -0.25) is 4.79 Å². The molecule has 4 nitrogen and oxygen atoms in total. The van der Waals surface area contributed by atoms with Crippen molar-refractivity contribution >= 4 is 11.9 Å². The van der Waals surface area contributed by atoms with Gasteiger partial charge in [-0.05, 0) is 20.8 Å². The number of carbonyl (C=O) groups excluding carboxylic acids is 1. The van der Waals surface area contributed by atoms with E-state index in [0.29, 0.717) is 0 Å².